The molecule has 1 aromatic heterocycles. The summed E-state index contributed by atoms with van der Waals surface area (Å²) in [7, 11) is 0. The SMILES string of the molecule is CC[C@@H](O)c1ccc(OCc2ncon2)cc1. The zero-order valence-electron chi connectivity index (χ0n) is 9.54. The predicted molar refractivity (Wildman–Crippen MR) is 60.3 cm³/mol. The summed E-state index contributed by atoms with van der Waals surface area (Å²) < 4.78 is 10.0. The van der Waals surface area contributed by atoms with Crippen molar-refractivity contribution in [3.63, 3.8) is 0 Å². The molecular formula is C12H14N2O3. The van der Waals surface area contributed by atoms with Gasteiger partial charge in [0.15, 0.2) is 6.61 Å². The third kappa shape index (κ3) is 3.04. The number of aliphatic hydroxyl groups is 1. The van der Waals surface area contributed by atoms with E-state index in [2.05, 4.69) is 14.7 Å². The number of aliphatic hydroxyl groups excluding tert-OH is 1. The minimum Gasteiger partial charge on any atom is -0.485 e. The van der Waals surface area contributed by atoms with Crippen LogP contribution in [-0.2, 0) is 6.61 Å². The molecule has 2 rings (SSSR count). The van der Waals surface area contributed by atoms with Crippen LogP contribution in [0.2, 0.25) is 0 Å². The molecular weight excluding hydrogens is 220 g/mol. The second kappa shape index (κ2) is 5.45. The van der Waals surface area contributed by atoms with Crippen LogP contribution >= 0.6 is 0 Å². The van der Waals surface area contributed by atoms with Crippen LogP contribution < -0.4 is 4.74 Å². The van der Waals surface area contributed by atoms with E-state index in [0.29, 0.717) is 18.0 Å². The first-order chi connectivity index (χ1) is 8.29. The molecule has 0 fully saturated rings. The molecule has 0 aliphatic rings. The van der Waals surface area contributed by atoms with Crippen molar-refractivity contribution in [3.8, 4) is 5.75 Å². The summed E-state index contributed by atoms with van der Waals surface area (Å²) in [5.41, 5.74) is 0.888. The van der Waals surface area contributed by atoms with Gasteiger partial charge >= 0.3 is 0 Å². The minimum absolute atomic E-state index is 0.270. The third-order valence-electron chi connectivity index (χ3n) is 2.43. The van der Waals surface area contributed by atoms with Crippen LogP contribution in [-0.4, -0.2) is 15.2 Å². The zero-order chi connectivity index (χ0) is 12.1. The molecule has 0 saturated heterocycles. The summed E-state index contributed by atoms with van der Waals surface area (Å²) in [5.74, 6) is 1.21. The van der Waals surface area contributed by atoms with E-state index in [-0.39, 0.29) is 6.61 Å². The molecule has 2 aromatic rings. The van der Waals surface area contributed by atoms with Gasteiger partial charge < -0.3 is 14.4 Å². The fourth-order valence-electron chi connectivity index (χ4n) is 1.43. The Kier molecular flexibility index (Phi) is 3.72. The number of rotatable bonds is 5. The molecule has 0 aliphatic carbocycles. The van der Waals surface area contributed by atoms with Gasteiger partial charge in [-0.25, -0.2) is 0 Å². The van der Waals surface area contributed by atoms with Crippen molar-refractivity contribution in [2.75, 3.05) is 0 Å². The average Bonchev–Trinajstić information content (AvgIpc) is 2.89. The monoisotopic (exact) mass is 234 g/mol. The maximum absolute atomic E-state index is 9.63. The zero-order valence-corrected chi connectivity index (χ0v) is 9.54. The van der Waals surface area contributed by atoms with E-state index in [0.717, 1.165) is 5.56 Å². The second-order valence-electron chi connectivity index (χ2n) is 3.63. The first kappa shape index (κ1) is 11.6. The highest BCUT2D eigenvalue weighted by molar-refractivity contribution is 5.28. The first-order valence-electron chi connectivity index (χ1n) is 5.45. The molecule has 0 spiro atoms. The molecule has 0 amide bonds. The van der Waals surface area contributed by atoms with Gasteiger partial charge in [0.1, 0.15) is 5.75 Å². The van der Waals surface area contributed by atoms with Gasteiger partial charge in [-0.2, -0.15) is 4.98 Å². The lowest BCUT2D eigenvalue weighted by Gasteiger charge is -2.09. The Morgan fingerprint density at radius 3 is 2.71 bits per heavy atom. The Labute approximate surface area is 99.0 Å². The quantitative estimate of drug-likeness (QED) is 0.857. The fraction of sp³-hybridized carbons (Fsp3) is 0.333. The standard InChI is InChI=1S/C12H14N2O3/c1-2-11(15)9-3-5-10(6-4-9)16-7-12-13-8-17-14-12/h3-6,8,11,15H,2,7H2,1H3/t11-/m1/s1. The molecule has 0 aliphatic heterocycles. The third-order valence-corrected chi connectivity index (χ3v) is 2.43. The summed E-state index contributed by atoms with van der Waals surface area (Å²) >= 11 is 0. The molecule has 5 nitrogen and oxygen atoms in total. The molecule has 1 N–H and O–H groups in total. The summed E-state index contributed by atoms with van der Waals surface area (Å²) in [5, 5.41) is 13.3. The van der Waals surface area contributed by atoms with Gasteiger partial charge in [0.2, 0.25) is 12.2 Å². The van der Waals surface area contributed by atoms with Crippen LogP contribution in [0.3, 0.4) is 0 Å². The van der Waals surface area contributed by atoms with Gasteiger partial charge in [-0.05, 0) is 24.1 Å². The number of hydrogen-bond donors (Lipinski definition) is 1. The Hall–Kier alpha value is -1.88. The number of aromatic nitrogens is 2. The van der Waals surface area contributed by atoms with Crippen molar-refractivity contribution >= 4 is 0 Å². The summed E-state index contributed by atoms with van der Waals surface area (Å²) in [4.78, 5) is 3.85. The summed E-state index contributed by atoms with van der Waals surface area (Å²) in [6.07, 6.45) is 1.55. The summed E-state index contributed by atoms with van der Waals surface area (Å²) in [6.45, 7) is 2.21. The Balaban J connectivity index is 1.94. The predicted octanol–water partition coefficient (Wildman–Crippen LogP) is 2.09. The normalized spacial score (nSPS) is 12.4. The highest BCUT2D eigenvalue weighted by Gasteiger charge is 2.05. The van der Waals surface area contributed by atoms with Gasteiger partial charge in [-0.3, -0.25) is 0 Å². The van der Waals surface area contributed by atoms with Gasteiger partial charge in [0, 0.05) is 0 Å². The molecule has 5 heteroatoms. The van der Waals surface area contributed by atoms with Gasteiger partial charge in [-0.15, -0.1) is 0 Å². The smallest absolute Gasteiger partial charge is 0.213 e. The summed E-state index contributed by atoms with van der Waals surface area (Å²) in [6, 6.07) is 7.32. The Bertz CT molecular complexity index is 439. The van der Waals surface area contributed by atoms with Crippen LogP contribution in [0.1, 0.15) is 30.8 Å². The average molecular weight is 234 g/mol. The van der Waals surface area contributed by atoms with Crippen LogP contribution in [0.4, 0.5) is 0 Å². The molecule has 17 heavy (non-hydrogen) atoms. The van der Waals surface area contributed by atoms with Crippen molar-refractivity contribution in [2.24, 2.45) is 0 Å². The largest absolute Gasteiger partial charge is 0.485 e. The van der Waals surface area contributed by atoms with E-state index in [1.807, 2.05) is 31.2 Å². The van der Waals surface area contributed by atoms with Gasteiger partial charge in [-0.1, -0.05) is 24.2 Å². The maximum Gasteiger partial charge on any atom is 0.213 e. The molecule has 1 atom stereocenters. The number of hydrogen-bond acceptors (Lipinski definition) is 5. The van der Waals surface area contributed by atoms with E-state index in [1.165, 1.54) is 6.39 Å². The van der Waals surface area contributed by atoms with Crippen LogP contribution in [0.15, 0.2) is 35.2 Å². The van der Waals surface area contributed by atoms with Crippen molar-refractivity contribution in [2.45, 2.75) is 26.1 Å². The van der Waals surface area contributed by atoms with Gasteiger partial charge in [0.05, 0.1) is 6.10 Å². The number of benzene rings is 1. The van der Waals surface area contributed by atoms with E-state index >= 15 is 0 Å². The lowest BCUT2D eigenvalue weighted by molar-refractivity contribution is 0.173. The van der Waals surface area contributed by atoms with E-state index < -0.39 is 6.10 Å². The van der Waals surface area contributed by atoms with Crippen LogP contribution in [0.25, 0.3) is 0 Å². The molecule has 0 radical (unpaired) electrons. The van der Waals surface area contributed by atoms with Crippen molar-refractivity contribution < 1.29 is 14.4 Å². The van der Waals surface area contributed by atoms with Gasteiger partial charge in [0.25, 0.3) is 0 Å². The minimum atomic E-state index is -0.416. The highest BCUT2D eigenvalue weighted by Crippen LogP contribution is 2.20. The number of nitrogens with zero attached hydrogens (tertiary/aromatic N) is 2. The molecule has 90 valence electrons. The van der Waals surface area contributed by atoms with Crippen LogP contribution in [0.5, 0.6) is 5.75 Å². The molecule has 1 aromatic carbocycles. The van der Waals surface area contributed by atoms with Crippen LogP contribution in [0, 0.1) is 0 Å². The van der Waals surface area contributed by atoms with Crippen molar-refractivity contribution in [1.29, 1.82) is 0 Å². The first-order valence-corrected chi connectivity index (χ1v) is 5.45. The van der Waals surface area contributed by atoms with E-state index in [1.54, 1.807) is 0 Å². The lowest BCUT2D eigenvalue weighted by atomic mass is 10.1. The molecule has 0 bridgehead atoms. The maximum atomic E-state index is 9.63. The van der Waals surface area contributed by atoms with E-state index in [9.17, 15) is 5.11 Å². The van der Waals surface area contributed by atoms with Crippen molar-refractivity contribution in [1.82, 2.24) is 10.1 Å². The molecule has 0 saturated carbocycles. The topological polar surface area (TPSA) is 68.4 Å². The highest BCUT2D eigenvalue weighted by atomic mass is 16.5. The fourth-order valence-corrected chi connectivity index (χ4v) is 1.43. The molecule has 0 unspecified atom stereocenters. The van der Waals surface area contributed by atoms with Crippen molar-refractivity contribution in [3.05, 3.63) is 42.0 Å². The number of ether oxygens (including phenoxy) is 1. The van der Waals surface area contributed by atoms with E-state index in [4.69, 9.17) is 4.74 Å². The second-order valence-corrected chi connectivity index (χ2v) is 3.63. The molecule has 1 heterocycles. The Morgan fingerprint density at radius 1 is 1.35 bits per heavy atom. The lowest BCUT2D eigenvalue weighted by Crippen LogP contribution is -1.98. The Morgan fingerprint density at radius 2 is 2.12 bits per heavy atom.